The Morgan fingerprint density at radius 3 is 2.88 bits per heavy atom. The Bertz CT molecular complexity index is 928. The molecule has 0 aliphatic carbocycles. The van der Waals surface area contributed by atoms with E-state index in [-0.39, 0.29) is 18.6 Å². The SMILES string of the molecule is CC(c1cc2ccccc2[nH]1)N(C)C(=O)C=Cc1cnc(N)c(CO)c1. The summed E-state index contributed by atoms with van der Waals surface area (Å²) in [4.78, 5) is 21.5. The zero-order valence-corrected chi connectivity index (χ0v) is 14.8. The van der Waals surface area contributed by atoms with E-state index in [2.05, 4.69) is 16.0 Å². The number of carbonyl (C=O) groups excluding carboxylic acids is 1. The predicted molar refractivity (Wildman–Crippen MR) is 103 cm³/mol. The lowest BCUT2D eigenvalue weighted by atomic mass is 10.1. The van der Waals surface area contributed by atoms with Crippen LogP contribution in [0.25, 0.3) is 17.0 Å². The maximum Gasteiger partial charge on any atom is 0.246 e. The van der Waals surface area contributed by atoms with Crippen molar-refractivity contribution in [3.8, 4) is 0 Å². The number of hydrogen-bond acceptors (Lipinski definition) is 4. The van der Waals surface area contributed by atoms with E-state index in [1.54, 1.807) is 30.3 Å². The highest BCUT2D eigenvalue weighted by Crippen LogP contribution is 2.23. The molecule has 1 unspecified atom stereocenters. The first kappa shape index (κ1) is 17.7. The molecule has 26 heavy (non-hydrogen) atoms. The molecule has 3 aromatic rings. The van der Waals surface area contributed by atoms with Gasteiger partial charge >= 0.3 is 0 Å². The first-order valence-electron chi connectivity index (χ1n) is 8.37. The summed E-state index contributed by atoms with van der Waals surface area (Å²) in [5.41, 5.74) is 8.95. The molecule has 1 atom stereocenters. The lowest BCUT2D eigenvalue weighted by molar-refractivity contribution is -0.126. The number of nitrogens with one attached hydrogen (secondary N) is 1. The third kappa shape index (κ3) is 3.60. The molecule has 0 aliphatic rings. The van der Waals surface area contributed by atoms with Crippen molar-refractivity contribution in [1.82, 2.24) is 14.9 Å². The van der Waals surface area contributed by atoms with E-state index in [4.69, 9.17) is 5.73 Å². The number of amides is 1. The van der Waals surface area contributed by atoms with Crippen LogP contribution in [-0.2, 0) is 11.4 Å². The highest BCUT2D eigenvalue weighted by molar-refractivity contribution is 5.92. The summed E-state index contributed by atoms with van der Waals surface area (Å²) in [6.07, 6.45) is 4.73. The van der Waals surface area contributed by atoms with Gasteiger partial charge in [-0.15, -0.1) is 0 Å². The van der Waals surface area contributed by atoms with Crippen LogP contribution in [-0.4, -0.2) is 32.9 Å². The molecule has 1 amide bonds. The number of nitrogens with two attached hydrogens (primary N) is 1. The number of aliphatic hydroxyl groups is 1. The van der Waals surface area contributed by atoms with Crippen molar-refractivity contribution < 1.29 is 9.90 Å². The number of H-pyrrole nitrogens is 1. The molecule has 4 N–H and O–H groups in total. The van der Waals surface area contributed by atoms with Crippen LogP contribution in [0.4, 0.5) is 5.82 Å². The molecular formula is C20H22N4O2. The van der Waals surface area contributed by atoms with Gasteiger partial charge in [0, 0.05) is 36.1 Å². The second-order valence-electron chi connectivity index (χ2n) is 6.24. The van der Waals surface area contributed by atoms with Crippen molar-refractivity contribution in [2.75, 3.05) is 12.8 Å². The standard InChI is InChI=1S/C20H22N4O2/c1-13(18-10-15-5-3-4-6-17(15)23-18)24(2)19(26)8-7-14-9-16(12-25)20(21)22-11-14/h3-11,13,23,25H,12H2,1-2H3,(H2,21,22). The molecule has 0 fully saturated rings. The van der Waals surface area contributed by atoms with Crippen molar-refractivity contribution in [3.05, 3.63) is 65.5 Å². The molecule has 0 aliphatic heterocycles. The minimum Gasteiger partial charge on any atom is -0.392 e. The Balaban J connectivity index is 1.74. The van der Waals surface area contributed by atoms with Gasteiger partial charge in [-0.25, -0.2) is 4.98 Å². The number of nitrogen functional groups attached to an aromatic ring is 1. The fourth-order valence-electron chi connectivity index (χ4n) is 2.76. The molecular weight excluding hydrogens is 328 g/mol. The average molecular weight is 350 g/mol. The van der Waals surface area contributed by atoms with Crippen LogP contribution in [0.15, 0.2) is 48.7 Å². The number of benzene rings is 1. The number of aromatic amines is 1. The number of aliphatic hydroxyl groups excluding tert-OH is 1. The number of para-hydroxylation sites is 1. The molecule has 6 heteroatoms. The van der Waals surface area contributed by atoms with Crippen molar-refractivity contribution in [2.45, 2.75) is 19.6 Å². The van der Waals surface area contributed by atoms with Crippen LogP contribution < -0.4 is 5.73 Å². The van der Waals surface area contributed by atoms with E-state index in [1.807, 2.05) is 31.2 Å². The minimum absolute atomic E-state index is 0.0999. The molecule has 0 radical (unpaired) electrons. The van der Waals surface area contributed by atoms with Crippen molar-refractivity contribution in [3.63, 3.8) is 0 Å². The highest BCUT2D eigenvalue weighted by atomic mass is 16.3. The second-order valence-corrected chi connectivity index (χ2v) is 6.24. The largest absolute Gasteiger partial charge is 0.392 e. The number of pyridine rings is 1. The van der Waals surface area contributed by atoms with Gasteiger partial charge in [-0.1, -0.05) is 18.2 Å². The number of carbonyl (C=O) groups is 1. The Labute approximate surface area is 152 Å². The van der Waals surface area contributed by atoms with Gasteiger partial charge in [0.15, 0.2) is 0 Å². The summed E-state index contributed by atoms with van der Waals surface area (Å²) in [6.45, 7) is 1.79. The van der Waals surface area contributed by atoms with Crippen LogP contribution in [0.3, 0.4) is 0 Å². The van der Waals surface area contributed by atoms with Crippen molar-refractivity contribution in [2.24, 2.45) is 0 Å². The van der Waals surface area contributed by atoms with Crippen LogP contribution in [0, 0.1) is 0 Å². The van der Waals surface area contributed by atoms with Crippen molar-refractivity contribution in [1.29, 1.82) is 0 Å². The lowest BCUT2D eigenvalue weighted by Gasteiger charge is -2.22. The van der Waals surface area contributed by atoms with Gasteiger partial charge in [-0.3, -0.25) is 4.79 Å². The van der Waals surface area contributed by atoms with Gasteiger partial charge in [0.2, 0.25) is 5.91 Å². The monoisotopic (exact) mass is 350 g/mol. The van der Waals surface area contributed by atoms with E-state index in [9.17, 15) is 9.90 Å². The molecule has 2 heterocycles. The summed E-state index contributed by atoms with van der Waals surface area (Å²) in [5.74, 6) is 0.166. The number of hydrogen-bond donors (Lipinski definition) is 3. The molecule has 2 aromatic heterocycles. The van der Waals surface area contributed by atoms with Gasteiger partial charge in [0.05, 0.1) is 12.6 Å². The quantitative estimate of drug-likeness (QED) is 0.617. The molecule has 1 aromatic carbocycles. The zero-order chi connectivity index (χ0) is 18.7. The van der Waals surface area contributed by atoms with Crippen LogP contribution in [0.5, 0.6) is 0 Å². The normalized spacial score (nSPS) is 12.6. The zero-order valence-electron chi connectivity index (χ0n) is 14.8. The fraction of sp³-hybridized carbons (Fsp3) is 0.200. The van der Waals surface area contributed by atoms with E-state index in [0.717, 1.165) is 16.6 Å². The third-order valence-electron chi connectivity index (χ3n) is 4.54. The van der Waals surface area contributed by atoms with Gasteiger partial charge in [-0.05, 0) is 42.1 Å². The number of likely N-dealkylation sites (N-methyl/N-ethyl adjacent to an activating group) is 1. The van der Waals surface area contributed by atoms with E-state index in [0.29, 0.717) is 16.9 Å². The molecule has 3 rings (SSSR count). The lowest BCUT2D eigenvalue weighted by Crippen LogP contribution is -2.28. The smallest absolute Gasteiger partial charge is 0.246 e. The first-order valence-corrected chi connectivity index (χ1v) is 8.37. The summed E-state index contributed by atoms with van der Waals surface area (Å²) >= 11 is 0. The van der Waals surface area contributed by atoms with Gasteiger partial charge in [0.1, 0.15) is 5.82 Å². The summed E-state index contributed by atoms with van der Waals surface area (Å²) in [5, 5.41) is 10.4. The van der Waals surface area contributed by atoms with Crippen LogP contribution in [0.1, 0.15) is 29.8 Å². The van der Waals surface area contributed by atoms with Crippen LogP contribution >= 0.6 is 0 Å². The topological polar surface area (TPSA) is 95.2 Å². The average Bonchev–Trinajstić information content (AvgIpc) is 3.10. The summed E-state index contributed by atoms with van der Waals surface area (Å²) < 4.78 is 0. The number of aromatic nitrogens is 2. The van der Waals surface area contributed by atoms with E-state index in [1.165, 1.54) is 6.08 Å². The van der Waals surface area contributed by atoms with Crippen LogP contribution in [0.2, 0.25) is 0 Å². The Morgan fingerprint density at radius 1 is 1.38 bits per heavy atom. The Kier molecular flexibility index (Phi) is 5.04. The van der Waals surface area contributed by atoms with Gasteiger partial charge < -0.3 is 20.7 Å². The minimum atomic E-state index is -0.189. The molecule has 0 saturated heterocycles. The number of anilines is 1. The molecule has 0 saturated carbocycles. The Hall–Kier alpha value is -3.12. The molecule has 6 nitrogen and oxygen atoms in total. The molecule has 0 spiro atoms. The van der Waals surface area contributed by atoms with E-state index >= 15 is 0 Å². The highest BCUT2D eigenvalue weighted by Gasteiger charge is 2.17. The maximum atomic E-state index is 12.5. The number of rotatable bonds is 5. The predicted octanol–water partition coefficient (Wildman–Crippen LogP) is 2.87. The third-order valence-corrected chi connectivity index (χ3v) is 4.54. The fourth-order valence-corrected chi connectivity index (χ4v) is 2.76. The van der Waals surface area contributed by atoms with Gasteiger partial charge in [0.25, 0.3) is 0 Å². The molecule has 134 valence electrons. The maximum absolute atomic E-state index is 12.5. The second kappa shape index (κ2) is 7.41. The van der Waals surface area contributed by atoms with E-state index < -0.39 is 0 Å². The summed E-state index contributed by atoms with van der Waals surface area (Å²) in [7, 11) is 1.77. The summed E-state index contributed by atoms with van der Waals surface area (Å²) in [6, 6.07) is 11.7. The first-order chi connectivity index (χ1) is 12.5. The van der Waals surface area contributed by atoms with Crippen molar-refractivity contribution >= 4 is 28.7 Å². The van der Waals surface area contributed by atoms with Gasteiger partial charge in [-0.2, -0.15) is 0 Å². The Morgan fingerprint density at radius 2 is 2.15 bits per heavy atom. The number of fused-ring (bicyclic) bond motifs is 1. The molecule has 0 bridgehead atoms. The number of nitrogens with zero attached hydrogens (tertiary/aromatic N) is 2.